The van der Waals surface area contributed by atoms with Crippen molar-refractivity contribution in [2.45, 2.75) is 13.3 Å². The van der Waals surface area contributed by atoms with Gasteiger partial charge >= 0.3 is 0 Å². The van der Waals surface area contributed by atoms with Gasteiger partial charge < -0.3 is 19.6 Å². The summed E-state index contributed by atoms with van der Waals surface area (Å²) in [5.74, 6) is 1.06. The molecule has 2 aromatic carbocycles. The number of nitrogens with one attached hydrogen (secondary N) is 1. The van der Waals surface area contributed by atoms with Gasteiger partial charge in [0.15, 0.2) is 17.2 Å². The summed E-state index contributed by atoms with van der Waals surface area (Å²) >= 11 is 0. The van der Waals surface area contributed by atoms with E-state index in [9.17, 15) is 4.79 Å². The first kappa shape index (κ1) is 19.3. The molecule has 0 unspecified atom stereocenters. The highest BCUT2D eigenvalue weighted by Gasteiger charge is 2.15. The van der Waals surface area contributed by atoms with Crippen LogP contribution < -0.4 is 14.8 Å². The molecule has 0 aromatic heterocycles. The minimum Gasteiger partial charge on any atom is -0.493 e. The molecular weight excluding hydrogens is 332 g/mol. The number of oxime groups is 1. The van der Waals surface area contributed by atoms with E-state index in [0.717, 1.165) is 11.1 Å². The lowest BCUT2D eigenvalue weighted by atomic mass is 10.1. The van der Waals surface area contributed by atoms with Crippen LogP contribution in [0.4, 0.5) is 0 Å². The van der Waals surface area contributed by atoms with E-state index in [1.54, 1.807) is 14.2 Å². The number of aryl methyl sites for hydroxylation is 1. The zero-order valence-electron chi connectivity index (χ0n) is 15.5. The van der Waals surface area contributed by atoms with Crippen molar-refractivity contribution in [2.24, 2.45) is 5.16 Å². The summed E-state index contributed by atoms with van der Waals surface area (Å²) in [5, 5.41) is 6.74. The molecule has 0 radical (unpaired) electrons. The van der Waals surface area contributed by atoms with E-state index in [1.807, 2.05) is 49.4 Å². The van der Waals surface area contributed by atoms with Crippen molar-refractivity contribution in [3.8, 4) is 11.5 Å². The molecule has 6 heteroatoms. The smallest absolute Gasteiger partial charge is 0.273 e. The summed E-state index contributed by atoms with van der Waals surface area (Å²) in [4.78, 5) is 17.3. The predicted octanol–water partition coefficient (Wildman–Crippen LogP) is 2.72. The maximum absolute atomic E-state index is 12.5. The van der Waals surface area contributed by atoms with Crippen molar-refractivity contribution >= 4 is 11.6 Å². The molecule has 1 amide bonds. The fourth-order valence-corrected chi connectivity index (χ4v) is 2.47. The maximum atomic E-state index is 12.5. The molecule has 0 saturated carbocycles. The van der Waals surface area contributed by atoms with Crippen LogP contribution in [0.25, 0.3) is 0 Å². The predicted molar refractivity (Wildman–Crippen MR) is 101 cm³/mol. The largest absolute Gasteiger partial charge is 0.493 e. The molecule has 0 atom stereocenters. The van der Waals surface area contributed by atoms with Crippen LogP contribution in [0.1, 0.15) is 16.7 Å². The van der Waals surface area contributed by atoms with Gasteiger partial charge in [-0.05, 0) is 31.0 Å². The second-order valence-corrected chi connectivity index (χ2v) is 5.68. The first-order valence-corrected chi connectivity index (χ1v) is 8.26. The van der Waals surface area contributed by atoms with Crippen LogP contribution in [-0.4, -0.2) is 39.5 Å². The molecule has 0 aliphatic heterocycles. The number of carbonyl (C=O) groups is 1. The van der Waals surface area contributed by atoms with E-state index in [-0.39, 0.29) is 11.6 Å². The van der Waals surface area contributed by atoms with Crippen molar-refractivity contribution in [2.75, 3.05) is 27.9 Å². The summed E-state index contributed by atoms with van der Waals surface area (Å²) < 4.78 is 10.5. The number of amides is 1. The Hall–Kier alpha value is -3.02. The lowest BCUT2D eigenvalue weighted by Crippen LogP contribution is -2.33. The van der Waals surface area contributed by atoms with Gasteiger partial charge in [0.2, 0.25) is 0 Å². The third-order valence-corrected chi connectivity index (χ3v) is 3.87. The first-order valence-electron chi connectivity index (χ1n) is 8.26. The Bertz CT molecular complexity index is 770. The molecule has 0 spiro atoms. The zero-order chi connectivity index (χ0) is 18.9. The van der Waals surface area contributed by atoms with Gasteiger partial charge in [-0.2, -0.15) is 0 Å². The fraction of sp³-hybridized carbons (Fsp3) is 0.300. The molecule has 0 bridgehead atoms. The van der Waals surface area contributed by atoms with Gasteiger partial charge in [-0.3, -0.25) is 4.79 Å². The summed E-state index contributed by atoms with van der Waals surface area (Å²) in [6.45, 7) is 2.45. The number of ether oxygens (including phenoxy) is 2. The summed E-state index contributed by atoms with van der Waals surface area (Å²) in [5.41, 5.74) is 3.10. The Morgan fingerprint density at radius 2 is 1.69 bits per heavy atom. The number of benzene rings is 2. The topological polar surface area (TPSA) is 69.2 Å². The molecule has 0 heterocycles. The van der Waals surface area contributed by atoms with Crippen LogP contribution in [0.5, 0.6) is 11.5 Å². The van der Waals surface area contributed by atoms with Crippen molar-refractivity contribution in [1.29, 1.82) is 0 Å². The highest BCUT2D eigenvalue weighted by Crippen LogP contribution is 2.27. The number of rotatable bonds is 8. The maximum Gasteiger partial charge on any atom is 0.273 e. The van der Waals surface area contributed by atoms with Gasteiger partial charge in [0.25, 0.3) is 5.91 Å². The normalized spacial score (nSPS) is 11.0. The van der Waals surface area contributed by atoms with Crippen LogP contribution in [0, 0.1) is 6.92 Å². The summed E-state index contributed by atoms with van der Waals surface area (Å²) in [6, 6.07) is 13.2. The van der Waals surface area contributed by atoms with Crippen LogP contribution >= 0.6 is 0 Å². The lowest BCUT2D eigenvalue weighted by Gasteiger charge is -2.11. The Labute approximate surface area is 153 Å². The molecule has 0 fully saturated rings. The average Bonchev–Trinajstić information content (AvgIpc) is 2.66. The van der Waals surface area contributed by atoms with Crippen molar-refractivity contribution in [3.63, 3.8) is 0 Å². The van der Waals surface area contributed by atoms with Gasteiger partial charge in [0.05, 0.1) is 14.2 Å². The molecule has 6 nitrogen and oxygen atoms in total. The van der Waals surface area contributed by atoms with Gasteiger partial charge in [-0.1, -0.05) is 41.1 Å². The Balaban J connectivity index is 2.00. The van der Waals surface area contributed by atoms with Crippen LogP contribution in [-0.2, 0) is 16.1 Å². The van der Waals surface area contributed by atoms with E-state index in [0.29, 0.717) is 30.0 Å². The Morgan fingerprint density at radius 1 is 1.00 bits per heavy atom. The van der Waals surface area contributed by atoms with Crippen LogP contribution in [0.2, 0.25) is 0 Å². The molecule has 26 heavy (non-hydrogen) atoms. The van der Waals surface area contributed by atoms with Crippen LogP contribution in [0.3, 0.4) is 0 Å². The molecule has 1 N–H and O–H groups in total. The van der Waals surface area contributed by atoms with Crippen LogP contribution in [0.15, 0.2) is 47.6 Å². The molecular formula is C20H24N2O4. The monoisotopic (exact) mass is 356 g/mol. The number of methoxy groups -OCH3 is 2. The van der Waals surface area contributed by atoms with E-state index < -0.39 is 0 Å². The summed E-state index contributed by atoms with van der Waals surface area (Å²) in [6.07, 6.45) is 0.653. The molecule has 0 saturated heterocycles. The second-order valence-electron chi connectivity index (χ2n) is 5.68. The van der Waals surface area contributed by atoms with E-state index in [2.05, 4.69) is 10.5 Å². The van der Waals surface area contributed by atoms with Gasteiger partial charge in [0.1, 0.15) is 7.11 Å². The number of hydrogen-bond acceptors (Lipinski definition) is 5. The minimum atomic E-state index is -0.281. The SMILES string of the molecule is CO/N=C(\C(=O)NCCc1ccc(OC)c(OC)c1)c1ccc(C)cc1. The van der Waals surface area contributed by atoms with Gasteiger partial charge in [0, 0.05) is 12.1 Å². The first-order chi connectivity index (χ1) is 12.6. The van der Waals surface area contributed by atoms with E-state index in [1.165, 1.54) is 7.11 Å². The molecule has 2 aromatic rings. The van der Waals surface area contributed by atoms with Crippen molar-refractivity contribution < 1.29 is 19.1 Å². The van der Waals surface area contributed by atoms with E-state index >= 15 is 0 Å². The number of hydrogen-bond donors (Lipinski definition) is 1. The highest BCUT2D eigenvalue weighted by molar-refractivity contribution is 6.45. The fourth-order valence-electron chi connectivity index (χ4n) is 2.47. The van der Waals surface area contributed by atoms with Gasteiger partial charge in [-0.15, -0.1) is 0 Å². The standard InChI is InChI=1S/C20H24N2O4/c1-14-5-8-16(9-6-14)19(22-26-4)20(23)21-12-11-15-7-10-17(24-2)18(13-15)25-3/h5-10,13H,11-12H2,1-4H3,(H,21,23)/b22-19-. The quantitative estimate of drug-likeness (QED) is 0.583. The third-order valence-electron chi connectivity index (χ3n) is 3.87. The lowest BCUT2D eigenvalue weighted by molar-refractivity contribution is -0.114. The van der Waals surface area contributed by atoms with E-state index in [4.69, 9.17) is 14.3 Å². The van der Waals surface area contributed by atoms with Gasteiger partial charge in [-0.25, -0.2) is 0 Å². The molecule has 2 rings (SSSR count). The third kappa shape index (κ3) is 4.99. The zero-order valence-corrected chi connectivity index (χ0v) is 15.5. The molecule has 0 aliphatic rings. The van der Waals surface area contributed by atoms with Crippen molar-refractivity contribution in [1.82, 2.24) is 5.32 Å². The second kappa shape index (κ2) is 9.46. The Morgan fingerprint density at radius 3 is 2.31 bits per heavy atom. The highest BCUT2D eigenvalue weighted by atomic mass is 16.6. The molecule has 138 valence electrons. The summed E-state index contributed by atoms with van der Waals surface area (Å²) in [7, 11) is 4.61. The average molecular weight is 356 g/mol. The minimum absolute atomic E-state index is 0.250. The molecule has 0 aliphatic carbocycles. The van der Waals surface area contributed by atoms with Crippen molar-refractivity contribution in [3.05, 3.63) is 59.2 Å². The number of nitrogens with zero attached hydrogens (tertiary/aromatic N) is 1. The number of carbonyl (C=O) groups excluding carboxylic acids is 1. The Kier molecular flexibility index (Phi) is 7.02.